The van der Waals surface area contributed by atoms with E-state index >= 15 is 0 Å². The normalized spacial score (nSPS) is 9.90. The van der Waals surface area contributed by atoms with E-state index in [-0.39, 0.29) is 0 Å². The fraction of sp³-hybridized carbons (Fsp3) is 0.143. The maximum Gasteiger partial charge on any atom is 0.0266 e. The third-order valence-corrected chi connectivity index (χ3v) is 3.69. The molecule has 1 aromatic carbocycles. The van der Waals surface area contributed by atoms with Crippen LogP contribution >= 0.6 is 50.3 Å². The van der Waals surface area contributed by atoms with Crippen molar-refractivity contribution in [3.8, 4) is 0 Å². The summed E-state index contributed by atoms with van der Waals surface area (Å²) in [6, 6.07) is 6.30. The van der Waals surface area contributed by atoms with Gasteiger partial charge >= 0.3 is 0 Å². The van der Waals surface area contributed by atoms with Gasteiger partial charge in [0.2, 0.25) is 0 Å². The Labute approximate surface area is 87.0 Å². The lowest BCUT2D eigenvalue weighted by molar-refractivity contribution is 1.38. The highest BCUT2D eigenvalue weighted by Gasteiger charge is 1.96. The van der Waals surface area contributed by atoms with Crippen LogP contribution in [0.15, 0.2) is 27.6 Å². The van der Waals surface area contributed by atoms with Gasteiger partial charge in [-0.25, -0.2) is 0 Å². The van der Waals surface area contributed by atoms with Crippen LogP contribution in [-0.2, 0) is 0 Å². The van der Waals surface area contributed by atoms with E-state index in [4.69, 9.17) is 0 Å². The van der Waals surface area contributed by atoms with Crippen molar-refractivity contribution >= 4 is 50.3 Å². The van der Waals surface area contributed by atoms with Gasteiger partial charge in [-0.1, -0.05) is 15.9 Å². The predicted molar refractivity (Wildman–Crippen MR) is 58.6 cm³/mol. The van der Waals surface area contributed by atoms with Gasteiger partial charge in [0.05, 0.1) is 0 Å². The SMILES string of the molecule is CSc1cc(Br)ccc1I. The second kappa shape index (κ2) is 3.97. The zero-order valence-electron chi connectivity index (χ0n) is 5.40. The van der Waals surface area contributed by atoms with Gasteiger partial charge in [0, 0.05) is 12.9 Å². The Bertz CT molecular complexity index is 237. The zero-order chi connectivity index (χ0) is 7.56. The lowest BCUT2D eigenvalue weighted by Crippen LogP contribution is -1.76. The van der Waals surface area contributed by atoms with E-state index in [1.54, 1.807) is 11.8 Å². The van der Waals surface area contributed by atoms with E-state index in [9.17, 15) is 0 Å². The molecule has 3 heteroatoms. The molecule has 0 aromatic heterocycles. The molecule has 0 aliphatic carbocycles. The first-order valence-corrected chi connectivity index (χ1v) is 5.82. The Hall–Kier alpha value is 0.780. The monoisotopic (exact) mass is 328 g/mol. The summed E-state index contributed by atoms with van der Waals surface area (Å²) >= 11 is 7.53. The molecule has 54 valence electrons. The minimum absolute atomic E-state index is 1.15. The summed E-state index contributed by atoms with van der Waals surface area (Å²) in [4.78, 5) is 1.33. The summed E-state index contributed by atoms with van der Waals surface area (Å²) in [6.07, 6.45) is 2.09. The average Bonchev–Trinajstić information content (AvgIpc) is 1.94. The molecule has 1 rings (SSSR count). The van der Waals surface area contributed by atoms with Crippen LogP contribution in [0, 0.1) is 3.57 Å². The minimum Gasteiger partial charge on any atom is -0.128 e. The van der Waals surface area contributed by atoms with Crippen LogP contribution in [0.4, 0.5) is 0 Å². The highest BCUT2D eigenvalue weighted by Crippen LogP contribution is 2.25. The van der Waals surface area contributed by atoms with Crippen molar-refractivity contribution in [3.05, 3.63) is 26.2 Å². The standard InChI is InChI=1S/C7H6BrIS/c1-10-7-4-5(8)2-3-6(7)9/h2-4H,1H3. The molecule has 0 atom stereocenters. The summed E-state index contributed by atoms with van der Waals surface area (Å²) in [5, 5.41) is 0. The first kappa shape index (κ1) is 8.87. The maximum atomic E-state index is 3.42. The van der Waals surface area contributed by atoms with Gasteiger partial charge in [-0.15, -0.1) is 11.8 Å². The largest absolute Gasteiger partial charge is 0.128 e. The third kappa shape index (κ3) is 2.13. The number of hydrogen-bond acceptors (Lipinski definition) is 1. The van der Waals surface area contributed by atoms with Gasteiger partial charge in [0.1, 0.15) is 0 Å². The Morgan fingerprint density at radius 1 is 1.50 bits per heavy atom. The second-order valence-corrected chi connectivity index (χ2v) is 4.70. The molecule has 0 spiro atoms. The van der Waals surface area contributed by atoms with Crippen molar-refractivity contribution in [2.45, 2.75) is 4.90 Å². The summed E-state index contributed by atoms with van der Waals surface area (Å²) in [6.45, 7) is 0. The van der Waals surface area contributed by atoms with Crippen molar-refractivity contribution in [2.75, 3.05) is 6.26 Å². The van der Waals surface area contributed by atoms with Crippen LogP contribution in [0.1, 0.15) is 0 Å². The summed E-state index contributed by atoms with van der Waals surface area (Å²) in [7, 11) is 0. The molecule has 0 unspecified atom stereocenters. The number of halogens is 2. The average molecular weight is 329 g/mol. The number of rotatable bonds is 1. The molecule has 0 N–H and O–H groups in total. The van der Waals surface area contributed by atoms with Gasteiger partial charge in [-0.05, 0) is 47.0 Å². The maximum absolute atomic E-state index is 3.42. The summed E-state index contributed by atoms with van der Waals surface area (Å²) in [5.41, 5.74) is 0. The van der Waals surface area contributed by atoms with Crippen LogP contribution in [0.3, 0.4) is 0 Å². The predicted octanol–water partition coefficient (Wildman–Crippen LogP) is 3.78. The van der Waals surface area contributed by atoms with Crippen molar-refractivity contribution in [2.24, 2.45) is 0 Å². The smallest absolute Gasteiger partial charge is 0.0266 e. The van der Waals surface area contributed by atoms with Crippen LogP contribution < -0.4 is 0 Å². The second-order valence-electron chi connectivity index (χ2n) is 1.78. The van der Waals surface area contributed by atoms with Gasteiger partial charge in [-0.3, -0.25) is 0 Å². The van der Waals surface area contributed by atoms with Crippen LogP contribution in [0.5, 0.6) is 0 Å². The minimum atomic E-state index is 1.15. The van der Waals surface area contributed by atoms with Crippen molar-refractivity contribution in [3.63, 3.8) is 0 Å². The Kier molecular flexibility index (Phi) is 3.52. The first-order valence-electron chi connectivity index (χ1n) is 2.73. The molecule has 0 nitrogen and oxygen atoms in total. The molecule has 0 aliphatic heterocycles. The number of benzene rings is 1. The molecular formula is C7H6BrIS. The van der Waals surface area contributed by atoms with E-state index in [2.05, 4.69) is 63.0 Å². The van der Waals surface area contributed by atoms with E-state index in [0.717, 1.165) is 4.47 Å². The van der Waals surface area contributed by atoms with Crippen LogP contribution in [-0.4, -0.2) is 6.26 Å². The first-order chi connectivity index (χ1) is 4.74. The van der Waals surface area contributed by atoms with E-state index in [1.165, 1.54) is 8.47 Å². The lowest BCUT2D eigenvalue weighted by atomic mass is 10.4. The van der Waals surface area contributed by atoms with Gasteiger partial charge in [-0.2, -0.15) is 0 Å². The summed E-state index contributed by atoms with van der Waals surface area (Å²) < 4.78 is 2.46. The molecule has 0 aliphatic rings. The number of hydrogen-bond donors (Lipinski definition) is 0. The van der Waals surface area contributed by atoms with E-state index < -0.39 is 0 Å². The molecule has 0 radical (unpaired) electrons. The molecule has 1 aromatic rings. The van der Waals surface area contributed by atoms with Crippen LogP contribution in [0.25, 0.3) is 0 Å². The fourth-order valence-corrected chi connectivity index (χ4v) is 2.65. The molecule has 0 saturated carbocycles. The topological polar surface area (TPSA) is 0 Å². The van der Waals surface area contributed by atoms with E-state index in [1.807, 2.05) is 0 Å². The number of thioether (sulfide) groups is 1. The molecule has 0 heterocycles. The summed E-state index contributed by atoms with van der Waals surface area (Å²) in [5.74, 6) is 0. The van der Waals surface area contributed by atoms with Crippen molar-refractivity contribution in [1.82, 2.24) is 0 Å². The highest BCUT2D eigenvalue weighted by molar-refractivity contribution is 14.1. The van der Waals surface area contributed by atoms with Gasteiger partial charge < -0.3 is 0 Å². The van der Waals surface area contributed by atoms with Gasteiger partial charge in [0.25, 0.3) is 0 Å². The van der Waals surface area contributed by atoms with E-state index in [0.29, 0.717) is 0 Å². The lowest BCUT2D eigenvalue weighted by Gasteiger charge is -1.99. The molecular weight excluding hydrogens is 323 g/mol. The Balaban J connectivity index is 3.09. The molecule has 10 heavy (non-hydrogen) atoms. The Morgan fingerprint density at radius 3 is 2.70 bits per heavy atom. The highest BCUT2D eigenvalue weighted by atomic mass is 127. The zero-order valence-corrected chi connectivity index (χ0v) is 9.96. The quantitative estimate of drug-likeness (QED) is 0.558. The fourth-order valence-electron chi connectivity index (χ4n) is 0.634. The van der Waals surface area contributed by atoms with Gasteiger partial charge in [0.15, 0.2) is 0 Å². The Morgan fingerprint density at radius 2 is 2.20 bits per heavy atom. The molecule has 0 bridgehead atoms. The third-order valence-electron chi connectivity index (χ3n) is 1.11. The van der Waals surface area contributed by atoms with Crippen LogP contribution in [0.2, 0.25) is 0 Å². The molecule has 0 saturated heterocycles. The molecule has 0 fully saturated rings. The molecule has 0 amide bonds. The van der Waals surface area contributed by atoms with Crippen molar-refractivity contribution in [1.29, 1.82) is 0 Å². The van der Waals surface area contributed by atoms with Crippen molar-refractivity contribution < 1.29 is 0 Å².